The second kappa shape index (κ2) is 8.58. The number of nitrogens with one attached hydrogen (secondary N) is 1. The maximum absolute atomic E-state index is 12.6. The maximum atomic E-state index is 12.6. The highest BCUT2D eigenvalue weighted by Gasteiger charge is 2.16. The number of hydrogen-bond donors (Lipinski definition) is 1. The van der Waals surface area contributed by atoms with E-state index in [1.165, 1.54) is 6.07 Å². The van der Waals surface area contributed by atoms with Crippen molar-refractivity contribution < 1.29 is 13.6 Å². The number of fused-ring (bicyclic) bond motifs is 1. The molecule has 0 radical (unpaired) electrons. The number of carbonyl (C=O) groups is 1. The van der Waals surface area contributed by atoms with Gasteiger partial charge in [0.1, 0.15) is 6.26 Å². The highest BCUT2D eigenvalue weighted by Crippen LogP contribution is 2.23. The fourth-order valence-corrected chi connectivity index (χ4v) is 3.95. The standard InChI is InChI=1S/C22H19ClN4O3S/c1-31(29,30)19-4-2-3-16(13-19)21-26-25-20-10-7-17(14-27(20)21)22(28)24-12-11-15-5-8-18(23)9-6-15/h2-10,13-14H,11-12H2,1H3,(H-,24,28,29,30). The molecule has 4 aromatic rings. The highest BCUT2D eigenvalue weighted by molar-refractivity contribution is 7.97. The molecular formula is C22H19ClN4O3S. The molecule has 31 heavy (non-hydrogen) atoms. The molecule has 0 spiro atoms. The summed E-state index contributed by atoms with van der Waals surface area (Å²) in [5.41, 5.74) is 2.67. The smallest absolute Gasteiger partial charge is 0.252 e. The first-order valence-corrected chi connectivity index (χ1v) is 11.8. The van der Waals surface area contributed by atoms with Crippen LogP contribution >= 0.6 is 11.6 Å². The molecule has 0 aliphatic heterocycles. The van der Waals surface area contributed by atoms with Gasteiger partial charge in [-0.15, -0.1) is 14.4 Å². The first-order valence-electron chi connectivity index (χ1n) is 9.49. The molecule has 2 aromatic heterocycles. The summed E-state index contributed by atoms with van der Waals surface area (Å²) in [7, 11) is -3.36. The lowest BCUT2D eigenvalue weighted by Crippen LogP contribution is -2.25. The van der Waals surface area contributed by atoms with Crippen molar-refractivity contribution in [1.82, 2.24) is 19.9 Å². The number of nitrogens with zero attached hydrogens (tertiary/aromatic N) is 3. The average molecular weight is 455 g/mol. The van der Waals surface area contributed by atoms with Crippen LogP contribution in [-0.4, -0.2) is 37.9 Å². The largest absolute Gasteiger partial charge is 0.610 e. The van der Waals surface area contributed by atoms with Crippen LogP contribution in [0.15, 0.2) is 71.8 Å². The van der Waals surface area contributed by atoms with E-state index >= 15 is 0 Å². The van der Waals surface area contributed by atoms with E-state index < -0.39 is 10.2 Å². The highest BCUT2D eigenvalue weighted by atomic mass is 35.5. The molecule has 1 unspecified atom stereocenters. The minimum atomic E-state index is -3.36. The van der Waals surface area contributed by atoms with Crippen molar-refractivity contribution in [2.45, 2.75) is 11.3 Å². The number of carbonyl (C=O) groups excluding carboxylic acids is 1. The number of halogens is 1. The molecular weight excluding hydrogens is 436 g/mol. The summed E-state index contributed by atoms with van der Waals surface area (Å²) < 4.78 is 25.4. The second-order valence-corrected chi connectivity index (χ2v) is 9.55. The monoisotopic (exact) mass is 454 g/mol. The summed E-state index contributed by atoms with van der Waals surface area (Å²) in [6.07, 6.45) is 3.48. The number of sulfone groups is 1. The molecule has 1 atom stereocenters. The van der Waals surface area contributed by atoms with Crippen LogP contribution in [0.2, 0.25) is 5.02 Å². The number of amides is 1. The van der Waals surface area contributed by atoms with Gasteiger partial charge in [0.2, 0.25) is 0 Å². The minimum Gasteiger partial charge on any atom is -0.610 e. The van der Waals surface area contributed by atoms with Gasteiger partial charge in [-0.2, -0.15) is 0 Å². The lowest BCUT2D eigenvalue weighted by Gasteiger charge is -2.10. The van der Waals surface area contributed by atoms with Gasteiger partial charge in [0.05, 0.1) is 15.8 Å². The Morgan fingerprint density at radius 1 is 1.13 bits per heavy atom. The van der Waals surface area contributed by atoms with Crippen molar-refractivity contribution in [3.63, 3.8) is 0 Å². The van der Waals surface area contributed by atoms with E-state index in [0.717, 1.165) is 11.8 Å². The lowest BCUT2D eigenvalue weighted by molar-refractivity contribution is 0.0953. The van der Waals surface area contributed by atoms with E-state index in [9.17, 15) is 13.6 Å². The molecule has 0 aliphatic carbocycles. The quantitative estimate of drug-likeness (QED) is 0.448. The van der Waals surface area contributed by atoms with E-state index in [2.05, 4.69) is 15.5 Å². The first kappa shape index (κ1) is 21.2. The van der Waals surface area contributed by atoms with Gasteiger partial charge < -0.3 is 9.87 Å². The third kappa shape index (κ3) is 4.82. The Morgan fingerprint density at radius 2 is 1.90 bits per heavy atom. The summed E-state index contributed by atoms with van der Waals surface area (Å²) in [5.74, 6) is 0.233. The fraction of sp³-hybridized carbons (Fsp3) is 0.136. The summed E-state index contributed by atoms with van der Waals surface area (Å²) in [5, 5.41) is 11.9. The molecule has 1 N–H and O–H groups in total. The van der Waals surface area contributed by atoms with Crippen molar-refractivity contribution in [2.24, 2.45) is 0 Å². The zero-order valence-corrected chi connectivity index (χ0v) is 18.2. The Morgan fingerprint density at radius 3 is 2.65 bits per heavy atom. The Bertz CT molecular complexity index is 1300. The molecule has 7 nitrogen and oxygen atoms in total. The Labute approximate surface area is 185 Å². The average Bonchev–Trinajstić information content (AvgIpc) is 3.18. The molecule has 0 bridgehead atoms. The number of pyridine rings is 1. The summed E-state index contributed by atoms with van der Waals surface area (Å²) in [4.78, 5) is 12.8. The SMILES string of the molecule is C[S+](=O)([O-])c1cccc(-c2nnc3ccc(C(=O)NCCc4ccc(Cl)cc4)cn23)c1. The van der Waals surface area contributed by atoms with Crippen molar-refractivity contribution in [3.8, 4) is 11.4 Å². The molecule has 2 heterocycles. The number of rotatable bonds is 6. The first-order chi connectivity index (χ1) is 14.8. The van der Waals surface area contributed by atoms with Gasteiger partial charge in [0.25, 0.3) is 5.91 Å². The van der Waals surface area contributed by atoms with Gasteiger partial charge in [-0.3, -0.25) is 9.20 Å². The zero-order chi connectivity index (χ0) is 22.0. The minimum absolute atomic E-state index is 0.192. The normalized spacial score (nSPS) is 13.1. The Hall–Kier alpha value is -3.07. The molecule has 0 aliphatic rings. The molecule has 2 aromatic carbocycles. The predicted molar refractivity (Wildman–Crippen MR) is 119 cm³/mol. The van der Waals surface area contributed by atoms with Gasteiger partial charge in [-0.1, -0.05) is 35.9 Å². The van der Waals surface area contributed by atoms with Crippen molar-refractivity contribution in [2.75, 3.05) is 12.8 Å². The van der Waals surface area contributed by atoms with E-state index in [4.69, 9.17) is 11.6 Å². The van der Waals surface area contributed by atoms with Gasteiger partial charge in [0.15, 0.2) is 16.4 Å². The third-order valence-electron chi connectivity index (χ3n) is 4.80. The van der Waals surface area contributed by atoms with Crippen LogP contribution in [0.5, 0.6) is 0 Å². The third-order valence-corrected chi connectivity index (χ3v) is 6.16. The maximum Gasteiger partial charge on any atom is 0.252 e. The van der Waals surface area contributed by atoms with Gasteiger partial charge in [-0.25, -0.2) is 0 Å². The van der Waals surface area contributed by atoms with Gasteiger partial charge in [0, 0.05) is 29.4 Å². The molecule has 0 fully saturated rings. The topological polar surface area (TPSA) is 99.4 Å². The number of hydrogen-bond acceptors (Lipinski definition) is 5. The zero-order valence-electron chi connectivity index (χ0n) is 16.6. The van der Waals surface area contributed by atoms with Crippen LogP contribution in [0.3, 0.4) is 0 Å². The van der Waals surface area contributed by atoms with Crippen LogP contribution < -0.4 is 5.32 Å². The molecule has 1 amide bonds. The lowest BCUT2D eigenvalue weighted by atomic mass is 10.1. The predicted octanol–water partition coefficient (Wildman–Crippen LogP) is 3.64. The summed E-state index contributed by atoms with van der Waals surface area (Å²) in [6.45, 7) is 0.476. The van der Waals surface area contributed by atoms with E-state index in [-0.39, 0.29) is 10.8 Å². The molecule has 0 saturated heterocycles. The fourth-order valence-electron chi connectivity index (χ4n) is 3.16. The Balaban J connectivity index is 1.54. The van der Waals surface area contributed by atoms with E-state index in [1.54, 1.807) is 40.9 Å². The summed E-state index contributed by atoms with van der Waals surface area (Å²) >= 11 is 5.89. The molecule has 9 heteroatoms. The van der Waals surface area contributed by atoms with Gasteiger partial charge >= 0.3 is 0 Å². The van der Waals surface area contributed by atoms with E-state index in [0.29, 0.717) is 40.6 Å². The molecule has 0 saturated carbocycles. The number of aromatic nitrogens is 3. The van der Waals surface area contributed by atoms with Crippen LogP contribution in [0.4, 0.5) is 0 Å². The van der Waals surface area contributed by atoms with Crippen LogP contribution in [0, 0.1) is 0 Å². The summed E-state index contributed by atoms with van der Waals surface area (Å²) in [6, 6.07) is 17.3. The second-order valence-electron chi connectivity index (χ2n) is 7.10. The van der Waals surface area contributed by atoms with Crippen LogP contribution in [0.25, 0.3) is 17.0 Å². The van der Waals surface area contributed by atoms with Crippen molar-refractivity contribution in [1.29, 1.82) is 0 Å². The Kier molecular flexibility index (Phi) is 5.86. The van der Waals surface area contributed by atoms with Crippen molar-refractivity contribution in [3.05, 3.63) is 83.0 Å². The molecule has 158 valence electrons. The van der Waals surface area contributed by atoms with Crippen LogP contribution in [0.1, 0.15) is 15.9 Å². The van der Waals surface area contributed by atoms with Crippen LogP contribution in [-0.2, 0) is 20.8 Å². The van der Waals surface area contributed by atoms with E-state index in [1.807, 2.05) is 24.3 Å². The number of benzene rings is 2. The van der Waals surface area contributed by atoms with Gasteiger partial charge in [-0.05, 0) is 42.3 Å². The van der Waals surface area contributed by atoms with Crippen molar-refractivity contribution >= 4 is 33.4 Å². The molecule has 4 rings (SSSR count).